The number of urea groups is 1. The molecule has 0 unspecified atom stereocenters. The van der Waals surface area contributed by atoms with E-state index >= 15 is 0 Å². The number of nitrogens with one attached hydrogen (secondary N) is 2. The van der Waals surface area contributed by atoms with E-state index in [4.69, 9.17) is 11.6 Å². The van der Waals surface area contributed by atoms with Gasteiger partial charge in [0, 0.05) is 36.3 Å². The Bertz CT molecular complexity index is 586. The minimum Gasteiger partial charge on any atom is -0.349 e. The molecule has 1 aliphatic carbocycles. The van der Waals surface area contributed by atoms with Crippen LogP contribution in [-0.2, 0) is 0 Å². The fourth-order valence-electron chi connectivity index (χ4n) is 2.24. The lowest BCUT2D eigenvalue weighted by Crippen LogP contribution is -2.40. The molecule has 5 nitrogen and oxygen atoms in total. The van der Waals surface area contributed by atoms with E-state index in [2.05, 4.69) is 10.6 Å². The molecule has 2 fully saturated rings. The minimum atomic E-state index is -0.182. The van der Waals surface area contributed by atoms with Gasteiger partial charge in [-0.1, -0.05) is 11.6 Å². The second-order valence-electron chi connectivity index (χ2n) is 5.47. The zero-order valence-corrected chi connectivity index (χ0v) is 13.7. The molecule has 3 amide bonds. The lowest BCUT2D eigenvalue weighted by Gasteiger charge is -2.26. The summed E-state index contributed by atoms with van der Waals surface area (Å²) in [4.78, 5) is 26.1. The van der Waals surface area contributed by atoms with Gasteiger partial charge in [0.1, 0.15) is 0 Å². The van der Waals surface area contributed by atoms with Crippen LogP contribution in [0.5, 0.6) is 0 Å². The van der Waals surface area contributed by atoms with Crippen molar-refractivity contribution in [3.8, 4) is 0 Å². The molecule has 2 aliphatic rings. The summed E-state index contributed by atoms with van der Waals surface area (Å²) in [6.07, 6.45) is 2.04. The predicted octanol–water partition coefficient (Wildman–Crippen LogP) is 2.81. The molecule has 0 bridgehead atoms. The van der Waals surface area contributed by atoms with Crippen LogP contribution in [0.3, 0.4) is 0 Å². The highest BCUT2D eigenvalue weighted by molar-refractivity contribution is 7.99. The molecule has 22 heavy (non-hydrogen) atoms. The molecule has 0 aromatic heterocycles. The molecule has 118 valence electrons. The number of nitrogens with zero attached hydrogens (tertiary/aromatic N) is 1. The van der Waals surface area contributed by atoms with E-state index in [9.17, 15) is 9.59 Å². The van der Waals surface area contributed by atoms with Gasteiger partial charge in [0.2, 0.25) is 0 Å². The van der Waals surface area contributed by atoms with Gasteiger partial charge in [0.25, 0.3) is 5.91 Å². The number of hydrogen-bond donors (Lipinski definition) is 2. The Morgan fingerprint density at radius 2 is 1.95 bits per heavy atom. The second-order valence-corrected chi connectivity index (χ2v) is 7.10. The summed E-state index contributed by atoms with van der Waals surface area (Å²) in [7, 11) is 0. The average Bonchev–Trinajstić information content (AvgIpc) is 3.34. The van der Waals surface area contributed by atoms with E-state index in [1.165, 1.54) is 0 Å². The molecule has 1 aromatic carbocycles. The molecular formula is C15H18ClN3O2S. The van der Waals surface area contributed by atoms with Gasteiger partial charge in [0.15, 0.2) is 0 Å². The minimum absolute atomic E-state index is 0.129. The van der Waals surface area contributed by atoms with Gasteiger partial charge in [-0.05, 0) is 31.0 Å². The van der Waals surface area contributed by atoms with Crippen molar-refractivity contribution in [2.24, 2.45) is 0 Å². The number of rotatable bonds is 3. The third kappa shape index (κ3) is 3.87. The molecule has 3 rings (SSSR count). The van der Waals surface area contributed by atoms with Crippen LogP contribution < -0.4 is 10.6 Å². The van der Waals surface area contributed by atoms with E-state index < -0.39 is 0 Å². The van der Waals surface area contributed by atoms with E-state index in [-0.39, 0.29) is 18.0 Å². The van der Waals surface area contributed by atoms with Crippen LogP contribution in [0.4, 0.5) is 10.5 Å². The third-order valence-electron chi connectivity index (χ3n) is 3.67. The zero-order valence-electron chi connectivity index (χ0n) is 12.1. The number of amides is 3. The van der Waals surface area contributed by atoms with Crippen LogP contribution in [0.25, 0.3) is 0 Å². The van der Waals surface area contributed by atoms with Crippen molar-refractivity contribution in [3.05, 3.63) is 28.8 Å². The van der Waals surface area contributed by atoms with Crippen LogP contribution in [0.2, 0.25) is 5.02 Å². The van der Waals surface area contributed by atoms with Crippen molar-refractivity contribution in [3.63, 3.8) is 0 Å². The molecule has 0 radical (unpaired) electrons. The summed E-state index contributed by atoms with van der Waals surface area (Å²) < 4.78 is 0. The van der Waals surface area contributed by atoms with Gasteiger partial charge in [-0.25, -0.2) is 4.79 Å². The fraction of sp³-hybridized carbons (Fsp3) is 0.467. The first-order chi connectivity index (χ1) is 10.6. The lowest BCUT2D eigenvalue weighted by molar-refractivity contribution is 0.0951. The summed E-state index contributed by atoms with van der Waals surface area (Å²) in [6, 6.07) is 5.14. The van der Waals surface area contributed by atoms with Crippen molar-refractivity contribution in [2.75, 3.05) is 29.9 Å². The predicted molar refractivity (Wildman–Crippen MR) is 89.9 cm³/mol. The van der Waals surface area contributed by atoms with Crippen LogP contribution in [-0.4, -0.2) is 47.5 Å². The number of thioether (sulfide) groups is 1. The molecular weight excluding hydrogens is 322 g/mol. The molecule has 0 atom stereocenters. The third-order valence-corrected chi connectivity index (χ3v) is 4.95. The Morgan fingerprint density at radius 3 is 2.64 bits per heavy atom. The van der Waals surface area contributed by atoms with Gasteiger partial charge < -0.3 is 15.5 Å². The maximum atomic E-state index is 12.2. The molecule has 2 N–H and O–H groups in total. The molecule has 1 saturated heterocycles. The number of carbonyl (C=O) groups excluding carboxylic acids is 2. The molecule has 1 heterocycles. The first kappa shape index (κ1) is 15.5. The van der Waals surface area contributed by atoms with E-state index in [1.54, 1.807) is 23.1 Å². The maximum Gasteiger partial charge on any atom is 0.321 e. The van der Waals surface area contributed by atoms with Crippen molar-refractivity contribution in [1.82, 2.24) is 10.2 Å². The Labute approximate surface area is 138 Å². The largest absolute Gasteiger partial charge is 0.349 e. The van der Waals surface area contributed by atoms with E-state index in [0.717, 1.165) is 37.4 Å². The topological polar surface area (TPSA) is 61.4 Å². The quantitative estimate of drug-likeness (QED) is 0.890. The fourth-order valence-corrected chi connectivity index (χ4v) is 3.34. The van der Waals surface area contributed by atoms with Gasteiger partial charge in [-0.3, -0.25) is 4.79 Å². The second kappa shape index (κ2) is 6.79. The molecule has 0 spiro atoms. The van der Waals surface area contributed by atoms with Crippen molar-refractivity contribution < 1.29 is 9.59 Å². The Hall–Kier alpha value is -1.40. The number of benzene rings is 1. The average molecular weight is 340 g/mol. The smallest absolute Gasteiger partial charge is 0.321 e. The van der Waals surface area contributed by atoms with E-state index in [1.807, 2.05) is 11.8 Å². The number of hydrogen-bond acceptors (Lipinski definition) is 3. The van der Waals surface area contributed by atoms with Crippen LogP contribution in [0.15, 0.2) is 18.2 Å². The summed E-state index contributed by atoms with van der Waals surface area (Å²) in [5.41, 5.74) is 0.995. The zero-order chi connectivity index (χ0) is 15.5. The van der Waals surface area contributed by atoms with Crippen molar-refractivity contribution in [1.29, 1.82) is 0 Å². The van der Waals surface area contributed by atoms with Crippen molar-refractivity contribution in [2.45, 2.75) is 18.9 Å². The lowest BCUT2D eigenvalue weighted by atomic mass is 10.2. The monoisotopic (exact) mass is 339 g/mol. The maximum absolute atomic E-state index is 12.2. The molecule has 1 aliphatic heterocycles. The molecule has 1 saturated carbocycles. The summed E-state index contributed by atoms with van der Waals surface area (Å²) in [5, 5.41) is 6.14. The van der Waals surface area contributed by atoms with Gasteiger partial charge in [0.05, 0.1) is 10.6 Å². The number of anilines is 1. The van der Waals surface area contributed by atoms with Crippen LogP contribution in [0.1, 0.15) is 23.2 Å². The Kier molecular flexibility index (Phi) is 4.78. The first-order valence-electron chi connectivity index (χ1n) is 7.37. The van der Waals surface area contributed by atoms with Crippen LogP contribution in [0, 0.1) is 0 Å². The Balaban J connectivity index is 1.67. The Morgan fingerprint density at radius 1 is 1.23 bits per heavy atom. The van der Waals surface area contributed by atoms with Gasteiger partial charge >= 0.3 is 6.03 Å². The van der Waals surface area contributed by atoms with Crippen molar-refractivity contribution >= 4 is 41.0 Å². The highest BCUT2D eigenvalue weighted by Gasteiger charge is 2.25. The summed E-state index contributed by atoms with van der Waals surface area (Å²) in [6.45, 7) is 1.50. The standard InChI is InChI=1S/C15H18ClN3O2S/c16-13-4-3-11(9-12(13)14(20)17-10-1-2-10)18-15(21)19-5-7-22-8-6-19/h3-4,9-10H,1-2,5-8H2,(H,17,20)(H,18,21). The SMILES string of the molecule is O=C(NC1CC1)c1cc(NC(=O)N2CCSCC2)ccc1Cl. The summed E-state index contributed by atoms with van der Waals surface area (Å²) in [5.74, 6) is 1.74. The highest BCUT2D eigenvalue weighted by atomic mass is 35.5. The van der Waals surface area contributed by atoms with Gasteiger partial charge in [-0.15, -0.1) is 0 Å². The first-order valence-corrected chi connectivity index (χ1v) is 8.91. The van der Waals surface area contributed by atoms with E-state index in [0.29, 0.717) is 16.3 Å². The molecule has 7 heteroatoms. The van der Waals surface area contributed by atoms with Crippen LogP contribution >= 0.6 is 23.4 Å². The molecule has 1 aromatic rings. The summed E-state index contributed by atoms with van der Waals surface area (Å²) >= 11 is 7.94. The highest BCUT2D eigenvalue weighted by Crippen LogP contribution is 2.24. The normalized spacial score (nSPS) is 18.0. The number of carbonyl (C=O) groups is 2. The van der Waals surface area contributed by atoms with Gasteiger partial charge in [-0.2, -0.15) is 11.8 Å². The number of halogens is 1.